The summed E-state index contributed by atoms with van der Waals surface area (Å²) in [5, 5.41) is 15.1. The first-order valence-corrected chi connectivity index (χ1v) is 7.27. The van der Waals surface area contributed by atoms with Crippen LogP contribution >= 0.6 is 15.9 Å². The fourth-order valence-corrected chi connectivity index (χ4v) is 2.54. The van der Waals surface area contributed by atoms with Gasteiger partial charge in [0.05, 0.1) is 27.8 Å². The van der Waals surface area contributed by atoms with Gasteiger partial charge >= 0.3 is 0 Å². The van der Waals surface area contributed by atoms with Crippen LogP contribution in [0, 0.1) is 17.0 Å². The lowest BCUT2D eigenvalue weighted by Crippen LogP contribution is -2.27. The molecule has 0 aliphatic heterocycles. The lowest BCUT2D eigenvalue weighted by Gasteiger charge is -2.17. The smallest absolute Gasteiger partial charge is 0.273 e. The van der Waals surface area contributed by atoms with Crippen molar-refractivity contribution in [3.05, 3.63) is 55.8 Å². The number of carbonyl (C=O) groups excluding carboxylic acids is 1. The summed E-state index contributed by atoms with van der Waals surface area (Å²) in [6, 6.07) is 4.49. The van der Waals surface area contributed by atoms with E-state index in [1.165, 1.54) is 11.0 Å². The molecule has 0 radical (unpaired) electrons. The van der Waals surface area contributed by atoms with Gasteiger partial charge in [-0.2, -0.15) is 5.10 Å². The molecule has 8 heteroatoms. The summed E-state index contributed by atoms with van der Waals surface area (Å²) in [4.78, 5) is 24.4. The Bertz CT molecular complexity index is 722. The topological polar surface area (TPSA) is 81.3 Å². The highest BCUT2D eigenvalue weighted by atomic mass is 79.9. The molecule has 0 atom stereocenters. The fourth-order valence-electron chi connectivity index (χ4n) is 2.07. The molecule has 1 aromatic carbocycles. The number of hydrogen-bond donors (Lipinski definition) is 0. The van der Waals surface area contributed by atoms with Crippen molar-refractivity contribution in [1.82, 2.24) is 14.7 Å². The van der Waals surface area contributed by atoms with Gasteiger partial charge in [0.15, 0.2) is 0 Å². The fraction of sp³-hybridized carbons (Fsp3) is 0.286. The minimum Gasteiger partial charge on any atom is -0.336 e. The average molecular weight is 367 g/mol. The van der Waals surface area contributed by atoms with Crippen molar-refractivity contribution in [1.29, 1.82) is 0 Å². The van der Waals surface area contributed by atoms with E-state index >= 15 is 0 Å². The molecule has 0 unspecified atom stereocenters. The molecule has 22 heavy (non-hydrogen) atoms. The van der Waals surface area contributed by atoms with Gasteiger partial charge in [-0.1, -0.05) is 6.07 Å². The van der Waals surface area contributed by atoms with E-state index in [2.05, 4.69) is 21.0 Å². The number of halogens is 1. The SMILES string of the molecule is Cc1ccc(C(=O)N(C)Cc2c(Br)cnn2C)cc1[N+](=O)[O-]. The van der Waals surface area contributed by atoms with Crippen LogP contribution in [-0.2, 0) is 13.6 Å². The zero-order chi connectivity index (χ0) is 16.4. The maximum Gasteiger partial charge on any atom is 0.273 e. The molecule has 2 aromatic rings. The summed E-state index contributed by atoms with van der Waals surface area (Å²) in [6.07, 6.45) is 1.66. The van der Waals surface area contributed by atoms with Crippen molar-refractivity contribution in [2.75, 3.05) is 7.05 Å². The van der Waals surface area contributed by atoms with Gasteiger partial charge in [-0.15, -0.1) is 0 Å². The number of benzene rings is 1. The average Bonchev–Trinajstić information content (AvgIpc) is 2.78. The molecule has 2 rings (SSSR count). The maximum absolute atomic E-state index is 12.4. The van der Waals surface area contributed by atoms with Crippen LogP contribution in [-0.4, -0.2) is 32.6 Å². The van der Waals surface area contributed by atoms with E-state index < -0.39 is 4.92 Å². The van der Waals surface area contributed by atoms with Gasteiger partial charge in [-0.05, 0) is 28.9 Å². The molecule has 0 aliphatic rings. The van der Waals surface area contributed by atoms with E-state index in [0.29, 0.717) is 12.1 Å². The Kier molecular flexibility index (Phi) is 4.60. The zero-order valence-electron chi connectivity index (χ0n) is 12.4. The van der Waals surface area contributed by atoms with Crippen molar-refractivity contribution in [2.45, 2.75) is 13.5 Å². The summed E-state index contributed by atoms with van der Waals surface area (Å²) in [5.74, 6) is -0.281. The van der Waals surface area contributed by atoms with Gasteiger partial charge in [0.2, 0.25) is 0 Å². The Labute approximate surface area is 135 Å². The quantitative estimate of drug-likeness (QED) is 0.615. The molecule has 1 heterocycles. The number of aryl methyl sites for hydroxylation is 2. The Morgan fingerprint density at radius 2 is 2.18 bits per heavy atom. The molecular formula is C14H15BrN4O3. The van der Waals surface area contributed by atoms with Gasteiger partial charge in [0.1, 0.15) is 0 Å². The van der Waals surface area contributed by atoms with Crippen molar-refractivity contribution >= 4 is 27.5 Å². The molecule has 116 valence electrons. The molecule has 0 N–H and O–H groups in total. The molecule has 0 bridgehead atoms. The van der Waals surface area contributed by atoms with Gasteiger partial charge < -0.3 is 4.90 Å². The van der Waals surface area contributed by atoms with Crippen molar-refractivity contribution < 1.29 is 9.72 Å². The molecule has 0 saturated heterocycles. The van der Waals surface area contributed by atoms with Gasteiger partial charge in [0.25, 0.3) is 11.6 Å². The first kappa shape index (κ1) is 16.2. The minimum absolute atomic E-state index is 0.0547. The van der Waals surface area contributed by atoms with E-state index in [-0.39, 0.29) is 17.2 Å². The molecule has 0 fully saturated rings. The zero-order valence-corrected chi connectivity index (χ0v) is 14.0. The van der Waals surface area contributed by atoms with Crippen LogP contribution < -0.4 is 0 Å². The number of rotatable bonds is 4. The predicted octanol–water partition coefficient (Wildman–Crippen LogP) is 2.67. The Morgan fingerprint density at radius 3 is 2.73 bits per heavy atom. The molecule has 0 aliphatic carbocycles. The summed E-state index contributed by atoms with van der Waals surface area (Å²) in [6.45, 7) is 1.99. The lowest BCUT2D eigenvalue weighted by atomic mass is 10.1. The summed E-state index contributed by atoms with van der Waals surface area (Å²) in [7, 11) is 3.43. The van der Waals surface area contributed by atoms with Crippen LogP contribution in [0.5, 0.6) is 0 Å². The van der Waals surface area contributed by atoms with E-state index in [4.69, 9.17) is 0 Å². The van der Waals surface area contributed by atoms with E-state index in [1.54, 1.807) is 44.0 Å². The summed E-state index contributed by atoms with van der Waals surface area (Å²) < 4.78 is 2.48. The van der Waals surface area contributed by atoms with Crippen LogP contribution in [0.2, 0.25) is 0 Å². The number of hydrogen-bond acceptors (Lipinski definition) is 4. The largest absolute Gasteiger partial charge is 0.336 e. The van der Waals surface area contributed by atoms with Crippen LogP contribution in [0.15, 0.2) is 28.9 Å². The van der Waals surface area contributed by atoms with E-state index in [9.17, 15) is 14.9 Å². The van der Waals surface area contributed by atoms with Crippen LogP contribution in [0.4, 0.5) is 5.69 Å². The second-order valence-electron chi connectivity index (χ2n) is 4.98. The molecule has 7 nitrogen and oxygen atoms in total. The molecule has 0 saturated carbocycles. The second kappa shape index (κ2) is 6.27. The number of aromatic nitrogens is 2. The lowest BCUT2D eigenvalue weighted by molar-refractivity contribution is -0.385. The van der Waals surface area contributed by atoms with Crippen LogP contribution in [0.25, 0.3) is 0 Å². The summed E-state index contributed by atoms with van der Waals surface area (Å²) in [5.41, 5.74) is 1.61. The molecule has 0 spiro atoms. The highest BCUT2D eigenvalue weighted by Crippen LogP contribution is 2.21. The monoisotopic (exact) mass is 366 g/mol. The number of amides is 1. The van der Waals surface area contributed by atoms with Crippen molar-refractivity contribution in [3.8, 4) is 0 Å². The van der Waals surface area contributed by atoms with Crippen LogP contribution in [0.3, 0.4) is 0 Å². The summed E-state index contributed by atoms with van der Waals surface area (Å²) >= 11 is 3.38. The Balaban J connectivity index is 2.24. The number of carbonyl (C=O) groups is 1. The van der Waals surface area contributed by atoms with Crippen LogP contribution in [0.1, 0.15) is 21.6 Å². The predicted molar refractivity (Wildman–Crippen MR) is 84.5 cm³/mol. The maximum atomic E-state index is 12.4. The Morgan fingerprint density at radius 1 is 1.50 bits per heavy atom. The highest BCUT2D eigenvalue weighted by molar-refractivity contribution is 9.10. The molecular weight excluding hydrogens is 352 g/mol. The number of nitro benzene ring substituents is 1. The third-order valence-electron chi connectivity index (χ3n) is 3.40. The second-order valence-corrected chi connectivity index (χ2v) is 5.84. The third kappa shape index (κ3) is 3.16. The Hall–Kier alpha value is -2.22. The van der Waals surface area contributed by atoms with E-state index in [0.717, 1.165) is 10.2 Å². The first-order valence-electron chi connectivity index (χ1n) is 6.48. The van der Waals surface area contributed by atoms with E-state index in [1.807, 2.05) is 0 Å². The van der Waals surface area contributed by atoms with Gasteiger partial charge in [0, 0.05) is 31.3 Å². The molecule has 1 aromatic heterocycles. The number of nitrogens with zero attached hydrogens (tertiary/aromatic N) is 4. The third-order valence-corrected chi connectivity index (χ3v) is 4.06. The minimum atomic E-state index is -0.482. The number of nitro groups is 1. The normalized spacial score (nSPS) is 10.5. The van der Waals surface area contributed by atoms with Gasteiger partial charge in [-0.3, -0.25) is 19.6 Å². The first-order chi connectivity index (χ1) is 10.3. The highest BCUT2D eigenvalue weighted by Gasteiger charge is 2.19. The standard InChI is InChI=1S/C14H15BrN4O3/c1-9-4-5-10(6-12(9)19(21)22)14(20)17(2)8-13-11(15)7-16-18(13)3/h4-7H,8H2,1-3H3. The van der Waals surface area contributed by atoms with Gasteiger partial charge in [-0.25, -0.2) is 0 Å². The van der Waals surface area contributed by atoms with Crippen molar-refractivity contribution in [3.63, 3.8) is 0 Å². The molecule has 1 amide bonds. The van der Waals surface area contributed by atoms with Crippen molar-refractivity contribution in [2.24, 2.45) is 7.05 Å².